The van der Waals surface area contributed by atoms with Gasteiger partial charge in [0.2, 0.25) is 0 Å². The van der Waals surface area contributed by atoms with Crippen molar-refractivity contribution >= 4 is 34.0 Å². The van der Waals surface area contributed by atoms with Gasteiger partial charge in [0.25, 0.3) is 0 Å². The third-order valence-electron chi connectivity index (χ3n) is 7.48. The minimum absolute atomic E-state index is 0.0204. The Labute approximate surface area is 240 Å². The first-order valence-corrected chi connectivity index (χ1v) is 13.2. The number of rotatable bonds is 8. The van der Waals surface area contributed by atoms with E-state index < -0.39 is 49.1 Å². The van der Waals surface area contributed by atoms with Gasteiger partial charge in [-0.2, -0.15) is 0 Å². The van der Waals surface area contributed by atoms with Crippen LogP contribution in [0.25, 0.3) is 22.3 Å². The maximum atomic E-state index is 10.7. The van der Waals surface area contributed by atoms with Gasteiger partial charge in [-0.3, -0.25) is 9.13 Å². The highest BCUT2D eigenvalue weighted by Gasteiger charge is 2.45. The highest BCUT2D eigenvalue weighted by atomic mass is 16.6. The Morgan fingerprint density at radius 2 is 1.30 bits per heavy atom. The van der Waals surface area contributed by atoms with Crippen LogP contribution in [0.15, 0.2) is 31.5 Å². The molecule has 0 spiro atoms. The van der Waals surface area contributed by atoms with Gasteiger partial charge < -0.3 is 46.1 Å². The van der Waals surface area contributed by atoms with Crippen LogP contribution in [0, 0.1) is 0 Å². The van der Waals surface area contributed by atoms with Crippen molar-refractivity contribution in [3.63, 3.8) is 0 Å². The van der Waals surface area contributed by atoms with Crippen LogP contribution >= 0.6 is 0 Å². The third kappa shape index (κ3) is 4.70. The van der Waals surface area contributed by atoms with Gasteiger partial charge in [-0.25, -0.2) is 34.6 Å². The van der Waals surface area contributed by atoms with Crippen LogP contribution in [0.5, 0.6) is 0 Å². The third-order valence-corrected chi connectivity index (χ3v) is 7.48. The van der Waals surface area contributed by atoms with Gasteiger partial charge in [0.05, 0.1) is 38.6 Å². The molecular formula is C23H27N13O7. The number of nitrogens with zero attached hydrogens (tertiary/aromatic N) is 11. The number of aliphatic hydroxyl groups is 4. The lowest BCUT2D eigenvalue weighted by Crippen LogP contribution is -2.34. The van der Waals surface area contributed by atoms with Crippen molar-refractivity contribution in [2.75, 3.05) is 18.1 Å². The van der Waals surface area contributed by atoms with Crippen molar-refractivity contribution in [2.24, 2.45) is 0 Å². The number of nitrogen functional groups attached to an aromatic ring is 2. The Morgan fingerprint density at radius 1 is 0.744 bits per heavy atom. The molecular weight excluding hydrogens is 570 g/mol. The Morgan fingerprint density at radius 3 is 1.91 bits per heavy atom. The summed E-state index contributed by atoms with van der Waals surface area (Å²) >= 11 is 0. The molecule has 0 bridgehead atoms. The summed E-state index contributed by atoms with van der Waals surface area (Å²) in [7, 11) is 0. The van der Waals surface area contributed by atoms with Gasteiger partial charge in [0, 0.05) is 0 Å². The van der Waals surface area contributed by atoms with Gasteiger partial charge in [0.15, 0.2) is 35.4 Å². The summed E-state index contributed by atoms with van der Waals surface area (Å²) in [6.07, 6.45) is -1.66. The molecule has 226 valence electrons. The normalized spacial score (nSPS) is 29.3. The lowest BCUT2D eigenvalue weighted by Gasteiger charge is -2.16. The summed E-state index contributed by atoms with van der Waals surface area (Å²) in [5, 5.41) is 50.7. The molecule has 0 saturated carbocycles. The highest BCUT2D eigenvalue weighted by molar-refractivity contribution is 5.81. The van der Waals surface area contributed by atoms with E-state index in [0.29, 0.717) is 28.0 Å². The number of fused-ring (bicyclic) bond motifs is 2. The molecule has 0 radical (unpaired) electrons. The monoisotopic (exact) mass is 597 g/mol. The Balaban J connectivity index is 0.952. The van der Waals surface area contributed by atoms with E-state index in [4.69, 9.17) is 25.7 Å². The molecule has 0 amide bonds. The zero-order valence-electron chi connectivity index (χ0n) is 22.2. The fourth-order valence-corrected chi connectivity index (χ4v) is 5.28. The van der Waals surface area contributed by atoms with Gasteiger partial charge >= 0.3 is 0 Å². The van der Waals surface area contributed by atoms with Crippen molar-refractivity contribution < 1.29 is 34.6 Å². The molecule has 2 aliphatic rings. The molecule has 20 heteroatoms. The average molecular weight is 598 g/mol. The Bertz CT molecular complexity index is 1760. The molecule has 43 heavy (non-hydrogen) atoms. The summed E-state index contributed by atoms with van der Waals surface area (Å²) in [5.74, 6) is 0.366. The minimum atomic E-state index is -1.27. The molecule has 2 fully saturated rings. The van der Waals surface area contributed by atoms with Crippen LogP contribution in [0.4, 0.5) is 11.6 Å². The minimum Gasteiger partial charge on any atom is -0.387 e. The second kappa shape index (κ2) is 10.7. The number of hydrogen-bond acceptors (Lipinski definition) is 17. The summed E-state index contributed by atoms with van der Waals surface area (Å²) in [5.41, 5.74) is 13.6. The zero-order valence-corrected chi connectivity index (χ0v) is 22.2. The van der Waals surface area contributed by atoms with E-state index in [1.807, 2.05) is 0 Å². The van der Waals surface area contributed by atoms with Gasteiger partial charge in [-0.05, 0) is 0 Å². The molecule has 8 atom stereocenters. The topological polar surface area (TPSA) is 279 Å². The van der Waals surface area contributed by atoms with E-state index in [1.54, 1.807) is 6.20 Å². The number of hydrogen-bond donors (Lipinski definition) is 6. The van der Waals surface area contributed by atoms with E-state index in [2.05, 4.69) is 40.2 Å². The number of anilines is 2. The molecule has 0 unspecified atom stereocenters. The van der Waals surface area contributed by atoms with Gasteiger partial charge in [0.1, 0.15) is 66.0 Å². The largest absolute Gasteiger partial charge is 0.387 e. The SMILES string of the molecule is Nc1ncnc2c1ncn2[C@@H]1O[C@H](COCc2cn(C[C@H]3O[C@@H](n4cnc5c(N)ncnc54)[C@H](O)[C@@H]3O)nn2)[C@@H](O)[C@H]1O. The molecule has 2 aliphatic heterocycles. The fourth-order valence-electron chi connectivity index (χ4n) is 5.28. The maximum Gasteiger partial charge on any atom is 0.167 e. The number of aromatic nitrogens is 11. The van der Waals surface area contributed by atoms with E-state index in [0.717, 1.165) is 0 Å². The summed E-state index contributed by atoms with van der Waals surface area (Å²) in [4.78, 5) is 24.4. The first kappa shape index (κ1) is 27.4. The van der Waals surface area contributed by atoms with E-state index in [-0.39, 0.29) is 31.4 Å². The predicted molar refractivity (Wildman–Crippen MR) is 141 cm³/mol. The molecule has 8 N–H and O–H groups in total. The molecule has 20 nitrogen and oxygen atoms in total. The van der Waals surface area contributed by atoms with Crippen molar-refractivity contribution in [3.05, 3.63) is 37.2 Å². The molecule has 7 rings (SSSR count). The van der Waals surface area contributed by atoms with Crippen LogP contribution in [-0.2, 0) is 27.4 Å². The van der Waals surface area contributed by atoms with Gasteiger partial charge in [-0.1, -0.05) is 5.21 Å². The smallest absolute Gasteiger partial charge is 0.167 e. The zero-order chi connectivity index (χ0) is 29.8. The van der Waals surface area contributed by atoms with Crippen molar-refractivity contribution in [2.45, 2.75) is 62.2 Å². The van der Waals surface area contributed by atoms with Crippen molar-refractivity contribution in [3.8, 4) is 0 Å². The second-order valence-corrected chi connectivity index (χ2v) is 10.2. The van der Waals surface area contributed by atoms with Crippen LogP contribution in [0.2, 0.25) is 0 Å². The van der Waals surface area contributed by atoms with Crippen LogP contribution in [-0.4, -0.2) is 118 Å². The molecule has 5 aromatic heterocycles. The standard InChI is InChI=1S/C23H27N13O7/c24-18-12-20(28-5-26-18)35(7-30-12)22-16(39)14(37)10(42-22)2-34-1-9(32-33-34)3-41-4-11-15(38)17(40)23(43-11)36-8-31-13-19(25)27-6-29-21(13)36/h1,5-8,10-11,14-17,22-23,37-40H,2-4H2,(H2,24,26,28)(H2,25,27,29)/t10-,11-,14-,15-,16-,17-,22-,23-/m1/s1. The summed E-state index contributed by atoms with van der Waals surface area (Å²) < 4.78 is 21.9. The lowest BCUT2D eigenvalue weighted by molar-refractivity contribution is -0.0686. The fraction of sp³-hybridized carbons (Fsp3) is 0.478. The molecule has 7 heterocycles. The number of imidazole rings is 2. The first-order valence-electron chi connectivity index (χ1n) is 13.2. The quantitative estimate of drug-likeness (QED) is 0.103. The molecule has 5 aromatic rings. The van der Waals surface area contributed by atoms with Crippen LogP contribution in [0.3, 0.4) is 0 Å². The average Bonchev–Trinajstić information content (AvgIpc) is 3.82. The highest BCUT2D eigenvalue weighted by Crippen LogP contribution is 2.33. The first-order chi connectivity index (χ1) is 20.8. The number of nitrogens with two attached hydrogens (primary N) is 2. The molecule has 0 aromatic carbocycles. The molecule has 0 aliphatic carbocycles. The lowest BCUT2D eigenvalue weighted by atomic mass is 10.1. The number of aliphatic hydroxyl groups excluding tert-OH is 4. The van der Waals surface area contributed by atoms with Crippen molar-refractivity contribution in [1.29, 1.82) is 0 Å². The van der Waals surface area contributed by atoms with Crippen LogP contribution in [0.1, 0.15) is 18.1 Å². The molecule has 2 saturated heterocycles. The summed E-state index contributed by atoms with van der Waals surface area (Å²) in [6, 6.07) is 0. The van der Waals surface area contributed by atoms with Crippen molar-refractivity contribution in [1.82, 2.24) is 54.0 Å². The Kier molecular flexibility index (Phi) is 6.80. The van der Waals surface area contributed by atoms with E-state index in [9.17, 15) is 20.4 Å². The van der Waals surface area contributed by atoms with Gasteiger partial charge in [-0.15, -0.1) is 5.10 Å². The summed E-state index contributed by atoms with van der Waals surface area (Å²) in [6.45, 7) is 0.0416. The maximum absolute atomic E-state index is 10.7. The van der Waals surface area contributed by atoms with Crippen LogP contribution < -0.4 is 11.5 Å². The van der Waals surface area contributed by atoms with E-state index >= 15 is 0 Å². The second-order valence-electron chi connectivity index (χ2n) is 10.2. The number of ether oxygens (including phenoxy) is 3. The van der Waals surface area contributed by atoms with E-state index in [1.165, 1.54) is 39.1 Å². The predicted octanol–water partition coefficient (Wildman–Crippen LogP) is -3.12. The Hall–Kier alpha value is -4.44.